The molecule has 6 nitrogen and oxygen atoms in total. The highest BCUT2D eigenvalue weighted by molar-refractivity contribution is 5.91. The summed E-state index contributed by atoms with van der Waals surface area (Å²) in [5.41, 5.74) is 0.496. The first kappa shape index (κ1) is 14.0. The van der Waals surface area contributed by atoms with Crippen LogP contribution in [0.15, 0.2) is 12.1 Å². The van der Waals surface area contributed by atoms with E-state index in [2.05, 4.69) is 4.74 Å². The molecule has 0 aliphatic heterocycles. The van der Waals surface area contributed by atoms with Crippen molar-refractivity contribution in [3.8, 4) is 5.75 Å². The Kier molecular flexibility index (Phi) is 4.65. The van der Waals surface area contributed by atoms with Crippen molar-refractivity contribution >= 4 is 11.7 Å². The molecule has 0 aromatic heterocycles. The minimum Gasteiger partial charge on any atom is -0.496 e. The summed E-state index contributed by atoms with van der Waals surface area (Å²) in [6.07, 6.45) is 1.26. The molecule has 1 aromatic rings. The average Bonchev–Trinajstić information content (AvgIpc) is 2.37. The molecule has 0 aliphatic rings. The number of hydrogen-bond acceptors (Lipinski definition) is 5. The van der Waals surface area contributed by atoms with Crippen LogP contribution in [0.1, 0.15) is 29.3 Å². The van der Waals surface area contributed by atoms with Crippen LogP contribution in [0.5, 0.6) is 5.75 Å². The van der Waals surface area contributed by atoms with Crippen LogP contribution in [0, 0.1) is 10.1 Å². The maximum absolute atomic E-state index is 11.4. The predicted molar refractivity (Wildman–Crippen MR) is 65.0 cm³/mol. The third-order valence-electron chi connectivity index (χ3n) is 2.52. The Morgan fingerprint density at radius 1 is 1.39 bits per heavy atom. The summed E-state index contributed by atoms with van der Waals surface area (Å²) in [5.74, 6) is -0.286. The zero-order valence-electron chi connectivity index (χ0n) is 10.6. The van der Waals surface area contributed by atoms with Crippen LogP contribution >= 0.6 is 0 Å². The lowest BCUT2D eigenvalue weighted by atomic mass is 10.0. The molecule has 0 heterocycles. The zero-order valence-corrected chi connectivity index (χ0v) is 10.6. The molecule has 0 atom stereocenters. The highest BCUT2D eigenvalue weighted by atomic mass is 16.6. The summed E-state index contributed by atoms with van der Waals surface area (Å²) in [5, 5.41) is 11.0. The molecule has 0 radical (unpaired) electrons. The molecular formula is C12H15NO5. The van der Waals surface area contributed by atoms with Gasteiger partial charge in [0, 0.05) is 6.07 Å². The second-order valence-corrected chi connectivity index (χ2v) is 3.67. The first-order valence-corrected chi connectivity index (χ1v) is 5.48. The topological polar surface area (TPSA) is 78.7 Å². The van der Waals surface area contributed by atoms with E-state index in [4.69, 9.17) is 4.74 Å². The van der Waals surface area contributed by atoms with E-state index in [1.54, 1.807) is 0 Å². The second-order valence-electron chi connectivity index (χ2n) is 3.67. The first-order chi connectivity index (χ1) is 8.54. The van der Waals surface area contributed by atoms with Gasteiger partial charge in [-0.3, -0.25) is 10.1 Å². The Labute approximate surface area is 105 Å². The summed E-state index contributed by atoms with van der Waals surface area (Å²) in [6.45, 7) is 1.91. The number of ether oxygens (including phenoxy) is 2. The van der Waals surface area contributed by atoms with E-state index < -0.39 is 10.9 Å². The van der Waals surface area contributed by atoms with E-state index in [0.29, 0.717) is 17.7 Å². The summed E-state index contributed by atoms with van der Waals surface area (Å²) < 4.78 is 9.67. The van der Waals surface area contributed by atoms with Crippen LogP contribution in [0.2, 0.25) is 0 Å². The minimum atomic E-state index is -0.626. The van der Waals surface area contributed by atoms with Gasteiger partial charge in [0.25, 0.3) is 5.69 Å². The molecular weight excluding hydrogens is 238 g/mol. The van der Waals surface area contributed by atoms with Gasteiger partial charge in [0.1, 0.15) is 5.75 Å². The SMILES string of the molecule is CCCc1c(OC)cc(C(=O)OC)cc1[N+](=O)[O-]. The van der Waals surface area contributed by atoms with Gasteiger partial charge in [0.15, 0.2) is 0 Å². The van der Waals surface area contributed by atoms with Gasteiger partial charge in [0.2, 0.25) is 0 Å². The number of nitro groups is 1. The fourth-order valence-electron chi connectivity index (χ4n) is 1.71. The standard InChI is InChI=1S/C12H15NO5/c1-4-5-9-10(13(15)16)6-8(12(14)18-3)7-11(9)17-2/h6-7H,4-5H2,1-3H3. The number of carbonyl (C=O) groups excluding carboxylic acids is 1. The van der Waals surface area contributed by atoms with Gasteiger partial charge in [-0.2, -0.15) is 0 Å². The average molecular weight is 253 g/mol. The minimum absolute atomic E-state index is 0.112. The number of nitrogens with zero attached hydrogens (tertiary/aromatic N) is 1. The Balaban J connectivity index is 3.42. The van der Waals surface area contributed by atoms with Crippen molar-refractivity contribution in [3.05, 3.63) is 33.4 Å². The molecule has 0 spiro atoms. The fraction of sp³-hybridized carbons (Fsp3) is 0.417. The lowest BCUT2D eigenvalue weighted by Crippen LogP contribution is -2.06. The fourth-order valence-corrected chi connectivity index (χ4v) is 1.71. The van der Waals surface area contributed by atoms with E-state index in [0.717, 1.165) is 6.42 Å². The monoisotopic (exact) mass is 253 g/mol. The molecule has 0 bridgehead atoms. The van der Waals surface area contributed by atoms with Crippen molar-refractivity contribution in [2.45, 2.75) is 19.8 Å². The van der Waals surface area contributed by atoms with E-state index >= 15 is 0 Å². The van der Waals surface area contributed by atoms with Crippen molar-refractivity contribution in [2.24, 2.45) is 0 Å². The van der Waals surface area contributed by atoms with Crippen molar-refractivity contribution in [1.29, 1.82) is 0 Å². The maximum Gasteiger partial charge on any atom is 0.338 e. The van der Waals surface area contributed by atoms with Gasteiger partial charge in [-0.1, -0.05) is 13.3 Å². The van der Waals surface area contributed by atoms with Crippen molar-refractivity contribution in [2.75, 3.05) is 14.2 Å². The Morgan fingerprint density at radius 2 is 2.06 bits per heavy atom. The number of carbonyl (C=O) groups is 1. The van der Waals surface area contributed by atoms with Crippen LogP contribution in [0.25, 0.3) is 0 Å². The molecule has 0 saturated carbocycles. The van der Waals surface area contributed by atoms with Crippen LogP contribution in [-0.2, 0) is 11.2 Å². The smallest absolute Gasteiger partial charge is 0.338 e. The third kappa shape index (κ3) is 2.77. The zero-order chi connectivity index (χ0) is 13.7. The number of nitro benzene ring substituents is 1. The van der Waals surface area contributed by atoms with Gasteiger partial charge < -0.3 is 9.47 Å². The number of methoxy groups -OCH3 is 2. The van der Waals surface area contributed by atoms with Gasteiger partial charge in [-0.25, -0.2) is 4.79 Å². The lowest BCUT2D eigenvalue weighted by molar-refractivity contribution is -0.385. The molecule has 6 heteroatoms. The summed E-state index contributed by atoms with van der Waals surface area (Å²) >= 11 is 0. The molecule has 98 valence electrons. The normalized spacial score (nSPS) is 9.94. The van der Waals surface area contributed by atoms with E-state index in [-0.39, 0.29) is 11.3 Å². The predicted octanol–water partition coefficient (Wildman–Crippen LogP) is 2.34. The number of esters is 1. The van der Waals surface area contributed by atoms with E-state index in [9.17, 15) is 14.9 Å². The van der Waals surface area contributed by atoms with Crippen LogP contribution in [0.4, 0.5) is 5.69 Å². The quantitative estimate of drug-likeness (QED) is 0.457. The van der Waals surface area contributed by atoms with Crippen molar-refractivity contribution < 1.29 is 19.2 Å². The van der Waals surface area contributed by atoms with Crippen LogP contribution < -0.4 is 4.74 Å². The second kappa shape index (κ2) is 6.00. The summed E-state index contributed by atoms with van der Waals surface area (Å²) in [7, 11) is 2.64. The molecule has 0 unspecified atom stereocenters. The van der Waals surface area contributed by atoms with Crippen LogP contribution in [-0.4, -0.2) is 25.1 Å². The molecule has 0 saturated heterocycles. The number of rotatable bonds is 5. The Morgan fingerprint density at radius 3 is 2.50 bits per heavy atom. The van der Waals surface area contributed by atoms with Gasteiger partial charge >= 0.3 is 5.97 Å². The number of benzene rings is 1. The van der Waals surface area contributed by atoms with Crippen LogP contribution in [0.3, 0.4) is 0 Å². The highest BCUT2D eigenvalue weighted by Crippen LogP contribution is 2.31. The Bertz CT molecular complexity index is 470. The molecule has 0 N–H and O–H groups in total. The van der Waals surface area contributed by atoms with E-state index in [1.807, 2.05) is 6.92 Å². The molecule has 1 rings (SSSR count). The maximum atomic E-state index is 11.4. The molecule has 0 fully saturated rings. The van der Waals surface area contributed by atoms with Gasteiger partial charge in [-0.05, 0) is 12.5 Å². The number of hydrogen-bond donors (Lipinski definition) is 0. The first-order valence-electron chi connectivity index (χ1n) is 5.48. The third-order valence-corrected chi connectivity index (χ3v) is 2.52. The van der Waals surface area contributed by atoms with Crippen molar-refractivity contribution in [1.82, 2.24) is 0 Å². The van der Waals surface area contributed by atoms with Gasteiger partial charge in [0.05, 0.1) is 30.3 Å². The largest absolute Gasteiger partial charge is 0.496 e. The lowest BCUT2D eigenvalue weighted by Gasteiger charge is -2.10. The van der Waals surface area contributed by atoms with Crippen molar-refractivity contribution in [3.63, 3.8) is 0 Å². The molecule has 0 aliphatic carbocycles. The molecule has 18 heavy (non-hydrogen) atoms. The van der Waals surface area contributed by atoms with Gasteiger partial charge in [-0.15, -0.1) is 0 Å². The summed E-state index contributed by atoms with van der Waals surface area (Å²) in [4.78, 5) is 21.9. The Hall–Kier alpha value is -2.11. The summed E-state index contributed by atoms with van der Waals surface area (Å²) in [6, 6.07) is 2.68. The molecule has 0 amide bonds. The van der Waals surface area contributed by atoms with E-state index in [1.165, 1.54) is 26.4 Å². The molecule has 1 aromatic carbocycles. The highest BCUT2D eigenvalue weighted by Gasteiger charge is 2.22.